The molecule has 0 saturated carbocycles. The molecule has 7 heteroatoms. The molecule has 1 aliphatic heterocycles. The number of nitrogens with one attached hydrogen (secondary N) is 1. The highest BCUT2D eigenvalue weighted by Crippen LogP contribution is 2.54. The number of aryl methyl sites for hydroxylation is 1. The van der Waals surface area contributed by atoms with E-state index >= 15 is 0 Å². The number of ether oxygens (including phenoxy) is 2. The summed E-state index contributed by atoms with van der Waals surface area (Å²) in [5.41, 5.74) is 0.647. The van der Waals surface area contributed by atoms with E-state index in [9.17, 15) is 13.2 Å². The van der Waals surface area contributed by atoms with E-state index in [1.807, 2.05) is 37.3 Å². The summed E-state index contributed by atoms with van der Waals surface area (Å²) in [6.45, 7) is 1.57. The lowest BCUT2D eigenvalue weighted by atomic mass is 9.84. The minimum atomic E-state index is -4.49. The fourth-order valence-corrected chi connectivity index (χ4v) is 3.74. The van der Waals surface area contributed by atoms with Gasteiger partial charge in [-0.15, -0.1) is 0 Å². The van der Waals surface area contributed by atoms with Crippen LogP contribution in [0.15, 0.2) is 54.6 Å². The Morgan fingerprint density at radius 1 is 1.14 bits per heavy atom. The van der Waals surface area contributed by atoms with Gasteiger partial charge in [0.1, 0.15) is 5.75 Å². The van der Waals surface area contributed by atoms with Crippen LogP contribution in [-0.4, -0.2) is 37.0 Å². The first kappa shape index (κ1) is 19.5. The largest absolute Gasteiger partial charge is 0.496 e. The summed E-state index contributed by atoms with van der Waals surface area (Å²) in [6.07, 6.45) is -4.49. The Bertz CT molecular complexity index is 1030. The Labute approximate surface area is 166 Å². The van der Waals surface area contributed by atoms with Crippen molar-refractivity contribution >= 4 is 16.6 Å². The lowest BCUT2D eigenvalue weighted by Crippen LogP contribution is -2.42. The van der Waals surface area contributed by atoms with Crippen molar-refractivity contribution in [1.82, 2.24) is 4.98 Å². The fourth-order valence-electron chi connectivity index (χ4n) is 3.74. The fraction of sp³-hybridized carbons (Fsp3) is 0.318. The monoisotopic (exact) mass is 402 g/mol. The smallest absolute Gasteiger partial charge is 0.420 e. The first-order chi connectivity index (χ1) is 13.9. The number of hydrogen-bond acceptors (Lipinski definition) is 4. The van der Waals surface area contributed by atoms with Crippen LogP contribution < -0.4 is 10.1 Å². The molecule has 2 atom stereocenters. The molecule has 0 bridgehead atoms. The molecule has 4 nitrogen and oxygen atoms in total. The van der Waals surface area contributed by atoms with Crippen molar-refractivity contribution in [3.8, 4) is 5.75 Å². The molecule has 0 spiro atoms. The second kappa shape index (κ2) is 7.22. The van der Waals surface area contributed by atoms with Crippen LogP contribution in [-0.2, 0) is 4.74 Å². The summed E-state index contributed by atoms with van der Waals surface area (Å²) >= 11 is 0. The van der Waals surface area contributed by atoms with Gasteiger partial charge in [-0.1, -0.05) is 24.3 Å². The standard InChI is InChI=1S/C22H21F3N2O2/c1-14-10-11-16-18(7-5-8-19(16)27-14)26-12-17(21(13-29-21)22(23,24)25)15-6-3-4-9-20(15)28-2/h3-11,17,26H,12-13H2,1-2H3. The number of anilines is 1. The molecular weight excluding hydrogens is 381 g/mol. The maximum atomic E-state index is 13.9. The number of methoxy groups -OCH3 is 1. The van der Waals surface area contributed by atoms with Crippen molar-refractivity contribution in [3.63, 3.8) is 0 Å². The third kappa shape index (κ3) is 3.51. The van der Waals surface area contributed by atoms with E-state index in [4.69, 9.17) is 9.47 Å². The van der Waals surface area contributed by atoms with E-state index in [0.717, 1.165) is 22.3 Å². The number of pyridine rings is 1. The van der Waals surface area contributed by atoms with Gasteiger partial charge in [-0.25, -0.2) is 0 Å². The number of halogens is 3. The molecule has 152 valence electrons. The van der Waals surface area contributed by atoms with Gasteiger partial charge < -0.3 is 14.8 Å². The predicted molar refractivity (Wildman–Crippen MR) is 105 cm³/mol. The van der Waals surface area contributed by atoms with Crippen molar-refractivity contribution in [1.29, 1.82) is 0 Å². The highest BCUT2D eigenvalue weighted by atomic mass is 19.4. The zero-order valence-electron chi connectivity index (χ0n) is 16.1. The van der Waals surface area contributed by atoms with Crippen LogP contribution in [0.3, 0.4) is 0 Å². The molecule has 2 heterocycles. The van der Waals surface area contributed by atoms with E-state index in [1.165, 1.54) is 7.11 Å². The Hall–Kier alpha value is -2.80. The number of aromatic nitrogens is 1. The second-order valence-electron chi connectivity index (χ2n) is 7.18. The molecule has 3 aromatic rings. The van der Waals surface area contributed by atoms with Gasteiger partial charge in [-0.3, -0.25) is 4.98 Å². The van der Waals surface area contributed by atoms with E-state index in [0.29, 0.717) is 11.3 Å². The number of hydrogen-bond donors (Lipinski definition) is 1. The summed E-state index contributed by atoms with van der Waals surface area (Å²) in [7, 11) is 1.45. The Morgan fingerprint density at radius 2 is 1.90 bits per heavy atom. The average Bonchev–Trinajstić information content (AvgIpc) is 3.50. The zero-order chi connectivity index (χ0) is 20.6. The van der Waals surface area contributed by atoms with E-state index in [1.54, 1.807) is 24.3 Å². The van der Waals surface area contributed by atoms with Crippen molar-refractivity contribution in [2.45, 2.75) is 24.6 Å². The number of alkyl halides is 3. The molecule has 29 heavy (non-hydrogen) atoms. The van der Waals surface area contributed by atoms with Crippen LogP contribution in [0.1, 0.15) is 17.2 Å². The molecule has 0 amide bonds. The average molecular weight is 402 g/mol. The topological polar surface area (TPSA) is 46.7 Å². The first-order valence-electron chi connectivity index (χ1n) is 9.29. The van der Waals surface area contributed by atoms with Gasteiger partial charge in [0.2, 0.25) is 0 Å². The Kier molecular flexibility index (Phi) is 4.86. The van der Waals surface area contributed by atoms with Crippen LogP contribution in [0.5, 0.6) is 5.75 Å². The van der Waals surface area contributed by atoms with Crippen LogP contribution in [0.2, 0.25) is 0 Å². The van der Waals surface area contributed by atoms with Gasteiger partial charge in [-0.2, -0.15) is 13.2 Å². The molecular formula is C22H21F3N2O2. The maximum absolute atomic E-state index is 13.9. The normalized spacial score (nSPS) is 19.8. The number of nitrogens with zero attached hydrogens (tertiary/aromatic N) is 1. The third-order valence-electron chi connectivity index (χ3n) is 5.38. The predicted octanol–water partition coefficient (Wildman–Crippen LogP) is 5.08. The molecule has 1 aromatic heterocycles. The molecule has 0 radical (unpaired) electrons. The molecule has 2 unspecified atom stereocenters. The van der Waals surface area contributed by atoms with Crippen molar-refractivity contribution in [3.05, 3.63) is 65.9 Å². The van der Waals surface area contributed by atoms with E-state index < -0.39 is 17.7 Å². The van der Waals surface area contributed by atoms with Gasteiger partial charge in [0.05, 0.1) is 19.2 Å². The Morgan fingerprint density at radius 3 is 2.59 bits per heavy atom. The SMILES string of the molecule is COc1ccccc1C(CNc1cccc2nc(C)ccc12)C1(C(F)(F)F)CO1. The minimum Gasteiger partial charge on any atom is -0.496 e. The van der Waals surface area contributed by atoms with E-state index in [-0.39, 0.29) is 13.2 Å². The summed E-state index contributed by atoms with van der Waals surface area (Å²) in [4.78, 5) is 4.48. The van der Waals surface area contributed by atoms with Gasteiger partial charge >= 0.3 is 6.18 Å². The number of epoxide rings is 1. The molecule has 2 aromatic carbocycles. The van der Waals surface area contributed by atoms with Gasteiger partial charge in [-0.05, 0) is 37.3 Å². The zero-order valence-corrected chi connectivity index (χ0v) is 16.1. The van der Waals surface area contributed by atoms with Crippen molar-refractivity contribution in [2.24, 2.45) is 0 Å². The summed E-state index contributed by atoms with van der Waals surface area (Å²) < 4.78 is 52.0. The third-order valence-corrected chi connectivity index (χ3v) is 5.38. The molecule has 1 saturated heterocycles. The van der Waals surface area contributed by atoms with Crippen LogP contribution in [0, 0.1) is 6.92 Å². The second-order valence-corrected chi connectivity index (χ2v) is 7.18. The summed E-state index contributed by atoms with van der Waals surface area (Å²) in [5, 5.41) is 4.06. The molecule has 0 aliphatic carbocycles. The highest BCUT2D eigenvalue weighted by Gasteiger charge is 2.70. The molecule has 1 fully saturated rings. The van der Waals surface area contributed by atoms with Crippen molar-refractivity contribution < 1.29 is 22.6 Å². The number of fused-ring (bicyclic) bond motifs is 1. The number of para-hydroxylation sites is 1. The Balaban J connectivity index is 1.71. The summed E-state index contributed by atoms with van der Waals surface area (Å²) in [5.74, 6) is -0.555. The van der Waals surface area contributed by atoms with E-state index in [2.05, 4.69) is 10.3 Å². The highest BCUT2D eigenvalue weighted by molar-refractivity contribution is 5.91. The number of rotatable bonds is 6. The quantitative estimate of drug-likeness (QED) is 0.584. The number of benzene rings is 2. The first-order valence-corrected chi connectivity index (χ1v) is 9.29. The molecule has 4 rings (SSSR count). The molecule has 1 N–H and O–H groups in total. The van der Waals surface area contributed by atoms with Gasteiger partial charge in [0.25, 0.3) is 0 Å². The van der Waals surface area contributed by atoms with Gasteiger partial charge in [0.15, 0.2) is 5.60 Å². The summed E-state index contributed by atoms with van der Waals surface area (Å²) in [6, 6.07) is 16.1. The lowest BCUT2D eigenvalue weighted by molar-refractivity contribution is -0.189. The minimum absolute atomic E-state index is 0.0346. The van der Waals surface area contributed by atoms with Crippen LogP contribution in [0.25, 0.3) is 10.9 Å². The lowest BCUT2D eigenvalue weighted by Gasteiger charge is -2.28. The van der Waals surface area contributed by atoms with Crippen molar-refractivity contribution in [2.75, 3.05) is 25.6 Å². The van der Waals surface area contributed by atoms with Crippen LogP contribution in [0.4, 0.5) is 18.9 Å². The van der Waals surface area contributed by atoms with Crippen LogP contribution >= 0.6 is 0 Å². The van der Waals surface area contributed by atoms with Gasteiger partial charge in [0, 0.05) is 34.8 Å². The maximum Gasteiger partial charge on any atom is 0.420 e. The molecule has 1 aliphatic rings.